The van der Waals surface area contributed by atoms with E-state index in [1.54, 1.807) is 6.08 Å². The molecule has 0 bridgehead atoms. The Labute approximate surface area is 105 Å². The molecular weight excluding hydrogens is 232 g/mol. The molecule has 18 heavy (non-hydrogen) atoms. The van der Waals surface area contributed by atoms with Crippen LogP contribution in [0, 0.1) is 0 Å². The van der Waals surface area contributed by atoms with Gasteiger partial charge in [-0.3, -0.25) is 14.4 Å². The van der Waals surface area contributed by atoms with E-state index in [0.717, 1.165) is 5.56 Å². The molecule has 0 radical (unpaired) electrons. The van der Waals surface area contributed by atoms with Gasteiger partial charge in [0, 0.05) is 7.05 Å². The van der Waals surface area contributed by atoms with Gasteiger partial charge in [-0.25, -0.2) is 0 Å². The molecule has 2 N–H and O–H groups in total. The highest BCUT2D eigenvalue weighted by molar-refractivity contribution is 6.41. The lowest BCUT2D eigenvalue weighted by atomic mass is 10.2. The number of hydrogen-bond acceptors (Lipinski definition) is 3. The second-order valence-electron chi connectivity index (χ2n) is 3.46. The van der Waals surface area contributed by atoms with Crippen molar-refractivity contribution in [2.45, 2.75) is 0 Å². The Morgan fingerprint density at radius 1 is 1.17 bits per heavy atom. The van der Waals surface area contributed by atoms with Gasteiger partial charge in [0.1, 0.15) is 0 Å². The lowest BCUT2D eigenvalue weighted by molar-refractivity contribution is -0.135. The first-order chi connectivity index (χ1) is 8.63. The highest BCUT2D eigenvalue weighted by Crippen LogP contribution is 2.00. The fourth-order valence-corrected chi connectivity index (χ4v) is 1.15. The van der Waals surface area contributed by atoms with Gasteiger partial charge >= 0.3 is 0 Å². The molecule has 0 aliphatic rings. The Kier molecular flexibility index (Phi) is 5.31. The maximum Gasteiger partial charge on any atom is 0.292 e. The van der Waals surface area contributed by atoms with Crippen molar-refractivity contribution < 1.29 is 14.4 Å². The summed E-state index contributed by atoms with van der Waals surface area (Å²) in [5, 5.41) is 4.55. The number of rotatable bonds is 5. The molecule has 0 saturated heterocycles. The standard InChI is InChI=1S/C13H14N2O3/c1-14-12(17)9-15-13(18)11(16)8-7-10-5-3-2-4-6-10/h2-8H,9H2,1H3,(H,14,17)(H,15,18). The summed E-state index contributed by atoms with van der Waals surface area (Å²) < 4.78 is 0. The first-order valence-corrected chi connectivity index (χ1v) is 5.39. The largest absolute Gasteiger partial charge is 0.358 e. The zero-order chi connectivity index (χ0) is 13.4. The third-order valence-electron chi connectivity index (χ3n) is 2.14. The number of hydrogen-bond donors (Lipinski definition) is 2. The normalized spacial score (nSPS) is 10.1. The van der Waals surface area contributed by atoms with E-state index in [1.165, 1.54) is 13.1 Å². The van der Waals surface area contributed by atoms with Crippen molar-refractivity contribution in [3.8, 4) is 0 Å². The molecule has 0 aliphatic carbocycles. The minimum absolute atomic E-state index is 0.208. The van der Waals surface area contributed by atoms with Gasteiger partial charge in [-0.05, 0) is 11.6 Å². The number of ketones is 1. The molecular formula is C13H14N2O3. The summed E-state index contributed by atoms with van der Waals surface area (Å²) in [6, 6.07) is 9.14. The van der Waals surface area contributed by atoms with Crippen LogP contribution in [-0.4, -0.2) is 31.2 Å². The first kappa shape index (κ1) is 13.6. The summed E-state index contributed by atoms with van der Waals surface area (Å²) in [7, 11) is 1.45. The van der Waals surface area contributed by atoms with Crippen molar-refractivity contribution in [3.05, 3.63) is 42.0 Å². The third-order valence-corrected chi connectivity index (χ3v) is 2.14. The minimum Gasteiger partial charge on any atom is -0.358 e. The van der Waals surface area contributed by atoms with Crippen LogP contribution in [0.3, 0.4) is 0 Å². The van der Waals surface area contributed by atoms with E-state index in [9.17, 15) is 14.4 Å². The Bertz CT molecular complexity index is 466. The van der Waals surface area contributed by atoms with Gasteiger partial charge in [-0.15, -0.1) is 0 Å². The summed E-state index contributed by atoms with van der Waals surface area (Å²) in [5.74, 6) is -1.85. The minimum atomic E-state index is -0.800. The van der Waals surface area contributed by atoms with Crippen molar-refractivity contribution in [1.82, 2.24) is 10.6 Å². The predicted molar refractivity (Wildman–Crippen MR) is 67.6 cm³/mol. The van der Waals surface area contributed by atoms with Gasteiger partial charge in [0.25, 0.3) is 5.91 Å². The zero-order valence-electron chi connectivity index (χ0n) is 9.97. The molecule has 2 amide bonds. The first-order valence-electron chi connectivity index (χ1n) is 5.39. The van der Waals surface area contributed by atoms with Crippen molar-refractivity contribution in [2.24, 2.45) is 0 Å². The molecule has 0 spiro atoms. The van der Waals surface area contributed by atoms with Gasteiger partial charge in [0.05, 0.1) is 6.54 Å². The fourth-order valence-electron chi connectivity index (χ4n) is 1.15. The van der Waals surface area contributed by atoms with Crippen molar-refractivity contribution in [2.75, 3.05) is 13.6 Å². The topological polar surface area (TPSA) is 75.3 Å². The Balaban J connectivity index is 2.48. The number of nitrogens with one attached hydrogen (secondary N) is 2. The number of amides is 2. The van der Waals surface area contributed by atoms with Crippen LogP contribution in [0.5, 0.6) is 0 Å². The summed E-state index contributed by atoms with van der Waals surface area (Å²) >= 11 is 0. The summed E-state index contributed by atoms with van der Waals surface area (Å²) in [6.45, 7) is -0.208. The molecule has 5 heteroatoms. The average molecular weight is 246 g/mol. The van der Waals surface area contributed by atoms with Gasteiger partial charge in [0.15, 0.2) is 0 Å². The molecule has 0 atom stereocenters. The third kappa shape index (κ3) is 4.61. The van der Waals surface area contributed by atoms with Crippen LogP contribution >= 0.6 is 0 Å². The van der Waals surface area contributed by atoms with E-state index in [1.807, 2.05) is 30.3 Å². The SMILES string of the molecule is CNC(=O)CNC(=O)C(=O)C=Cc1ccccc1. The second-order valence-corrected chi connectivity index (χ2v) is 3.46. The fraction of sp³-hybridized carbons (Fsp3) is 0.154. The Morgan fingerprint density at radius 3 is 2.44 bits per heavy atom. The molecule has 0 saturated carbocycles. The zero-order valence-corrected chi connectivity index (χ0v) is 9.97. The van der Waals surface area contributed by atoms with Crippen LogP contribution in [0.4, 0.5) is 0 Å². The Hall–Kier alpha value is -2.43. The number of likely N-dealkylation sites (N-methyl/N-ethyl adjacent to an activating group) is 1. The average Bonchev–Trinajstić information content (AvgIpc) is 2.42. The van der Waals surface area contributed by atoms with Gasteiger partial charge in [0.2, 0.25) is 11.7 Å². The van der Waals surface area contributed by atoms with Crippen LogP contribution in [0.1, 0.15) is 5.56 Å². The lowest BCUT2D eigenvalue weighted by Crippen LogP contribution is -2.38. The van der Waals surface area contributed by atoms with Gasteiger partial charge < -0.3 is 10.6 Å². The highest BCUT2D eigenvalue weighted by atomic mass is 16.2. The number of carbonyl (C=O) groups excluding carboxylic acids is 3. The maximum absolute atomic E-state index is 11.4. The van der Waals surface area contributed by atoms with Crippen molar-refractivity contribution in [1.29, 1.82) is 0 Å². The smallest absolute Gasteiger partial charge is 0.292 e. The molecule has 1 aromatic carbocycles. The van der Waals surface area contributed by atoms with Crippen LogP contribution < -0.4 is 10.6 Å². The molecule has 1 rings (SSSR count). The monoisotopic (exact) mass is 246 g/mol. The maximum atomic E-state index is 11.4. The van der Waals surface area contributed by atoms with Crippen molar-refractivity contribution >= 4 is 23.7 Å². The molecule has 0 heterocycles. The van der Waals surface area contributed by atoms with Crippen LogP contribution in [0.25, 0.3) is 6.08 Å². The van der Waals surface area contributed by atoms with E-state index in [0.29, 0.717) is 0 Å². The van der Waals surface area contributed by atoms with E-state index in [2.05, 4.69) is 10.6 Å². The number of carbonyl (C=O) groups is 3. The van der Waals surface area contributed by atoms with Crippen molar-refractivity contribution in [3.63, 3.8) is 0 Å². The summed E-state index contributed by atoms with van der Waals surface area (Å²) in [5.41, 5.74) is 0.824. The van der Waals surface area contributed by atoms with Gasteiger partial charge in [-0.2, -0.15) is 0 Å². The van der Waals surface area contributed by atoms with Crippen LogP contribution in [0.2, 0.25) is 0 Å². The molecule has 1 aromatic rings. The van der Waals surface area contributed by atoms with E-state index >= 15 is 0 Å². The second kappa shape index (κ2) is 7.01. The summed E-state index contributed by atoms with van der Waals surface area (Å²) in [4.78, 5) is 33.5. The van der Waals surface area contributed by atoms with Crippen LogP contribution in [-0.2, 0) is 14.4 Å². The molecule has 0 unspecified atom stereocenters. The summed E-state index contributed by atoms with van der Waals surface area (Å²) in [6.07, 6.45) is 2.72. The van der Waals surface area contributed by atoms with Crippen LogP contribution in [0.15, 0.2) is 36.4 Å². The predicted octanol–water partition coefficient (Wildman–Crippen LogP) is 0.131. The van der Waals surface area contributed by atoms with E-state index < -0.39 is 11.7 Å². The molecule has 94 valence electrons. The van der Waals surface area contributed by atoms with E-state index in [-0.39, 0.29) is 12.5 Å². The Morgan fingerprint density at radius 2 is 1.83 bits per heavy atom. The molecule has 0 fully saturated rings. The lowest BCUT2D eigenvalue weighted by Gasteiger charge is -2.00. The molecule has 5 nitrogen and oxygen atoms in total. The van der Waals surface area contributed by atoms with Gasteiger partial charge in [-0.1, -0.05) is 36.4 Å². The quantitative estimate of drug-likeness (QED) is 0.573. The highest BCUT2D eigenvalue weighted by Gasteiger charge is 2.10. The number of benzene rings is 1. The molecule has 0 aliphatic heterocycles. The molecule has 0 aromatic heterocycles. The van der Waals surface area contributed by atoms with E-state index in [4.69, 9.17) is 0 Å².